The molecule has 2 heterocycles. The van der Waals surface area contributed by atoms with Crippen LogP contribution in [0.5, 0.6) is 5.75 Å². The highest BCUT2D eigenvalue weighted by Gasteiger charge is 2.20. The molecule has 2 aliphatic rings. The third-order valence-corrected chi connectivity index (χ3v) is 3.37. The smallest absolute Gasteiger partial charge is 0.273 e. The Morgan fingerprint density at radius 1 is 1.10 bits per heavy atom. The van der Waals surface area contributed by atoms with E-state index in [2.05, 4.69) is 16.0 Å². The van der Waals surface area contributed by atoms with E-state index in [1.807, 2.05) is 0 Å². The van der Waals surface area contributed by atoms with Gasteiger partial charge in [0.25, 0.3) is 5.91 Å². The number of aromatic hydroxyl groups is 1. The highest BCUT2D eigenvalue weighted by molar-refractivity contribution is 7.80. The molecule has 3 rings (SSSR count). The quantitative estimate of drug-likeness (QED) is 0.467. The van der Waals surface area contributed by atoms with Crippen LogP contribution >= 0.6 is 12.2 Å². The maximum atomic E-state index is 11.3. The Kier molecular flexibility index (Phi) is 5.71. The van der Waals surface area contributed by atoms with Gasteiger partial charge in [0.05, 0.1) is 0 Å². The molecule has 112 valence electrons. The summed E-state index contributed by atoms with van der Waals surface area (Å²) in [7, 11) is 0. The number of phenolic OH excluding ortho intramolecular Hbond substituents is 1. The number of amides is 1. The van der Waals surface area contributed by atoms with Crippen LogP contribution in [0.3, 0.4) is 0 Å². The summed E-state index contributed by atoms with van der Waals surface area (Å²) in [6.45, 7) is 2.50. The highest BCUT2D eigenvalue weighted by atomic mass is 32.1. The van der Waals surface area contributed by atoms with Gasteiger partial charge in [-0.1, -0.05) is 24.6 Å². The minimum absolute atomic E-state index is 0.123. The van der Waals surface area contributed by atoms with Crippen molar-refractivity contribution >= 4 is 29.3 Å². The van der Waals surface area contributed by atoms with Gasteiger partial charge in [-0.2, -0.15) is 0 Å². The number of carbonyl (C=O) groups is 1. The van der Waals surface area contributed by atoms with Crippen molar-refractivity contribution in [3.05, 3.63) is 35.5 Å². The molecule has 0 atom stereocenters. The summed E-state index contributed by atoms with van der Waals surface area (Å²) in [6.07, 6.45) is 5.76. The van der Waals surface area contributed by atoms with Crippen LogP contribution in [-0.4, -0.2) is 29.2 Å². The van der Waals surface area contributed by atoms with Crippen molar-refractivity contribution in [2.45, 2.75) is 19.3 Å². The molecule has 0 aliphatic carbocycles. The van der Waals surface area contributed by atoms with Gasteiger partial charge in [0.1, 0.15) is 11.4 Å². The lowest BCUT2D eigenvalue weighted by molar-refractivity contribution is -0.115. The molecule has 4 N–H and O–H groups in total. The van der Waals surface area contributed by atoms with Gasteiger partial charge in [-0.25, -0.2) is 0 Å². The topological polar surface area (TPSA) is 73.4 Å². The Hall–Kier alpha value is -1.92. The predicted octanol–water partition coefficient (Wildman–Crippen LogP) is 1.50. The number of hydrogen-bond donors (Lipinski definition) is 4. The number of piperidine rings is 1. The van der Waals surface area contributed by atoms with Crippen LogP contribution in [0.2, 0.25) is 0 Å². The van der Waals surface area contributed by atoms with Gasteiger partial charge >= 0.3 is 0 Å². The van der Waals surface area contributed by atoms with E-state index in [0.29, 0.717) is 11.3 Å². The van der Waals surface area contributed by atoms with E-state index in [4.69, 9.17) is 12.2 Å². The second-order valence-corrected chi connectivity index (χ2v) is 5.24. The normalized spacial score (nSPS) is 19.5. The zero-order valence-corrected chi connectivity index (χ0v) is 12.5. The fourth-order valence-electron chi connectivity index (χ4n) is 2.05. The molecule has 1 amide bonds. The van der Waals surface area contributed by atoms with Gasteiger partial charge < -0.3 is 15.7 Å². The van der Waals surface area contributed by atoms with Crippen LogP contribution in [0.15, 0.2) is 30.0 Å². The van der Waals surface area contributed by atoms with Crippen LogP contribution in [-0.2, 0) is 4.79 Å². The summed E-state index contributed by atoms with van der Waals surface area (Å²) in [4.78, 5) is 11.3. The van der Waals surface area contributed by atoms with Gasteiger partial charge in [-0.05, 0) is 50.3 Å². The Morgan fingerprint density at radius 2 is 1.81 bits per heavy atom. The number of hydrogen-bond acceptors (Lipinski definition) is 4. The lowest BCUT2D eigenvalue weighted by Crippen LogP contribution is -2.21. The van der Waals surface area contributed by atoms with Gasteiger partial charge in [0.15, 0.2) is 5.11 Å². The number of carbonyl (C=O) groups excluding carboxylic acids is 1. The number of phenols is 1. The molecule has 2 fully saturated rings. The molecular formula is C15H19N3O2S. The summed E-state index contributed by atoms with van der Waals surface area (Å²) >= 11 is 4.78. The lowest BCUT2D eigenvalue weighted by Gasteiger charge is -2.08. The average Bonchev–Trinajstić information content (AvgIpc) is 2.82. The number of thiocarbonyl (C=S) groups is 1. The molecular weight excluding hydrogens is 286 g/mol. The van der Waals surface area contributed by atoms with Crippen LogP contribution in [0.4, 0.5) is 0 Å². The molecule has 2 aliphatic heterocycles. The molecule has 6 heteroatoms. The van der Waals surface area contributed by atoms with Crippen LogP contribution in [0.1, 0.15) is 24.8 Å². The van der Waals surface area contributed by atoms with Crippen LogP contribution < -0.4 is 16.0 Å². The summed E-state index contributed by atoms with van der Waals surface area (Å²) < 4.78 is 0. The van der Waals surface area contributed by atoms with Gasteiger partial charge in [-0.3, -0.25) is 10.1 Å². The molecule has 2 saturated heterocycles. The van der Waals surface area contributed by atoms with Crippen molar-refractivity contribution in [1.29, 1.82) is 0 Å². The van der Waals surface area contributed by atoms with Crippen LogP contribution in [0.25, 0.3) is 6.08 Å². The first-order valence-electron chi connectivity index (χ1n) is 6.99. The van der Waals surface area contributed by atoms with Crippen molar-refractivity contribution in [3.63, 3.8) is 0 Å². The number of rotatable bonds is 1. The minimum Gasteiger partial charge on any atom is -0.507 e. The molecule has 0 spiro atoms. The van der Waals surface area contributed by atoms with Gasteiger partial charge in [0.2, 0.25) is 0 Å². The number of para-hydroxylation sites is 1. The SMILES string of the molecule is C1CCNCC1.O=C1NC(=S)N/C1=C\c1ccccc1O. The lowest BCUT2D eigenvalue weighted by atomic mass is 10.1. The second kappa shape index (κ2) is 7.75. The second-order valence-electron chi connectivity index (χ2n) is 4.84. The van der Waals surface area contributed by atoms with E-state index in [0.717, 1.165) is 0 Å². The van der Waals surface area contributed by atoms with Gasteiger partial charge in [0, 0.05) is 5.56 Å². The Labute approximate surface area is 129 Å². The molecule has 1 aromatic rings. The van der Waals surface area contributed by atoms with Crippen molar-refractivity contribution < 1.29 is 9.90 Å². The summed E-state index contributed by atoms with van der Waals surface area (Å²) in [5.41, 5.74) is 0.904. The number of benzene rings is 1. The first-order valence-corrected chi connectivity index (χ1v) is 7.40. The van der Waals surface area contributed by atoms with Crippen LogP contribution in [0, 0.1) is 0 Å². The maximum absolute atomic E-state index is 11.3. The molecule has 1 aromatic carbocycles. The molecule has 0 saturated carbocycles. The van der Waals surface area contributed by atoms with Crippen molar-refractivity contribution in [1.82, 2.24) is 16.0 Å². The predicted molar refractivity (Wildman–Crippen MR) is 86.7 cm³/mol. The third-order valence-electron chi connectivity index (χ3n) is 3.16. The molecule has 0 bridgehead atoms. The van der Waals surface area contributed by atoms with E-state index in [-0.39, 0.29) is 16.8 Å². The van der Waals surface area contributed by atoms with Crippen molar-refractivity contribution in [2.75, 3.05) is 13.1 Å². The molecule has 0 aromatic heterocycles. The number of nitrogens with one attached hydrogen (secondary N) is 3. The summed E-state index contributed by atoms with van der Waals surface area (Å²) in [6, 6.07) is 6.75. The standard InChI is InChI=1S/C10H8N2O2S.C5H11N/c13-8-4-2-1-3-6(8)5-7-9(14)12-10(15)11-7;1-2-4-6-5-3-1/h1-5,13H,(H2,11,12,14,15);6H,1-5H2/b7-5-;. The zero-order chi connectivity index (χ0) is 15.1. The largest absolute Gasteiger partial charge is 0.507 e. The molecule has 21 heavy (non-hydrogen) atoms. The monoisotopic (exact) mass is 305 g/mol. The summed E-state index contributed by atoms with van der Waals surface area (Å²) in [5, 5.41) is 18.2. The Balaban J connectivity index is 0.000000225. The fraction of sp³-hybridized carbons (Fsp3) is 0.333. The van der Waals surface area contributed by atoms with E-state index >= 15 is 0 Å². The van der Waals surface area contributed by atoms with Crippen molar-refractivity contribution in [3.8, 4) is 5.75 Å². The van der Waals surface area contributed by atoms with E-state index in [9.17, 15) is 9.90 Å². The Morgan fingerprint density at radius 3 is 2.29 bits per heavy atom. The van der Waals surface area contributed by atoms with E-state index in [1.165, 1.54) is 32.4 Å². The minimum atomic E-state index is -0.289. The molecule has 5 nitrogen and oxygen atoms in total. The third kappa shape index (κ3) is 4.84. The van der Waals surface area contributed by atoms with Gasteiger partial charge in [-0.15, -0.1) is 0 Å². The summed E-state index contributed by atoms with van der Waals surface area (Å²) in [5.74, 6) is -0.166. The Bertz CT molecular complexity index is 542. The zero-order valence-electron chi connectivity index (χ0n) is 11.7. The first kappa shape index (κ1) is 15.5. The first-order chi connectivity index (χ1) is 10.2. The molecule has 0 unspecified atom stereocenters. The van der Waals surface area contributed by atoms with Crippen molar-refractivity contribution in [2.24, 2.45) is 0 Å². The van der Waals surface area contributed by atoms with E-state index < -0.39 is 0 Å². The highest BCUT2D eigenvalue weighted by Crippen LogP contribution is 2.18. The fourth-order valence-corrected chi connectivity index (χ4v) is 2.25. The maximum Gasteiger partial charge on any atom is 0.273 e. The average molecular weight is 305 g/mol. The molecule has 0 radical (unpaired) electrons. The van der Waals surface area contributed by atoms with E-state index in [1.54, 1.807) is 30.3 Å².